The Morgan fingerprint density at radius 2 is 2.00 bits per heavy atom. The summed E-state index contributed by atoms with van der Waals surface area (Å²) in [5.41, 5.74) is 12.7. The summed E-state index contributed by atoms with van der Waals surface area (Å²) in [6.45, 7) is 0. The average molecular weight is 233 g/mol. The Morgan fingerprint density at radius 3 is 2.62 bits per heavy atom. The lowest BCUT2D eigenvalue weighted by Gasteiger charge is -2.04. The monoisotopic (exact) mass is 233 g/mol. The first-order valence-electron chi connectivity index (χ1n) is 4.64. The second-order valence-corrected chi connectivity index (χ2v) is 3.66. The van der Waals surface area contributed by atoms with Crippen molar-refractivity contribution in [2.24, 2.45) is 5.73 Å². The summed E-state index contributed by atoms with van der Waals surface area (Å²) in [4.78, 5) is 0.213. The van der Waals surface area contributed by atoms with Crippen molar-refractivity contribution in [2.75, 3.05) is 11.1 Å². The maximum Gasteiger partial charge on any atom is 0.164 e. The molecule has 0 fully saturated rings. The Bertz CT molecular complexity index is 505. The average Bonchev–Trinajstić information content (AvgIpc) is 2.61. The van der Waals surface area contributed by atoms with E-state index in [4.69, 9.17) is 23.7 Å². The zero-order chi connectivity index (χ0) is 11.5. The molecule has 0 saturated heterocycles. The van der Waals surface area contributed by atoms with Crippen LogP contribution in [0.25, 0.3) is 0 Å². The molecular formula is C10H11N5S. The van der Waals surface area contributed by atoms with Crippen LogP contribution in [0, 0.1) is 0 Å². The van der Waals surface area contributed by atoms with Crippen LogP contribution in [0.5, 0.6) is 0 Å². The van der Waals surface area contributed by atoms with Crippen LogP contribution in [0.4, 0.5) is 17.3 Å². The third kappa shape index (κ3) is 1.96. The predicted molar refractivity (Wildman–Crippen MR) is 68.6 cm³/mol. The number of anilines is 3. The molecular weight excluding hydrogens is 222 g/mol. The molecule has 0 aliphatic rings. The second kappa shape index (κ2) is 4.19. The molecule has 2 aromatic rings. The van der Waals surface area contributed by atoms with E-state index in [1.165, 1.54) is 0 Å². The number of rotatable bonds is 3. The summed E-state index contributed by atoms with van der Waals surface area (Å²) >= 11 is 4.90. The molecule has 1 aromatic heterocycles. The van der Waals surface area contributed by atoms with Gasteiger partial charge >= 0.3 is 0 Å². The quantitative estimate of drug-likeness (QED) is 0.601. The molecule has 82 valence electrons. The molecule has 0 aliphatic heterocycles. The number of para-hydroxylation sites is 1. The van der Waals surface area contributed by atoms with E-state index < -0.39 is 0 Å². The molecule has 6 heteroatoms. The highest BCUT2D eigenvalue weighted by Gasteiger charge is 2.13. The van der Waals surface area contributed by atoms with Crippen molar-refractivity contribution in [2.45, 2.75) is 0 Å². The van der Waals surface area contributed by atoms with Gasteiger partial charge in [-0.15, -0.1) is 0 Å². The molecule has 0 spiro atoms. The van der Waals surface area contributed by atoms with Crippen molar-refractivity contribution in [1.29, 1.82) is 0 Å². The van der Waals surface area contributed by atoms with E-state index in [-0.39, 0.29) is 4.99 Å². The highest BCUT2D eigenvalue weighted by molar-refractivity contribution is 7.80. The zero-order valence-electron chi connectivity index (χ0n) is 8.40. The summed E-state index contributed by atoms with van der Waals surface area (Å²) in [6.07, 6.45) is 0. The van der Waals surface area contributed by atoms with Gasteiger partial charge in [-0.3, -0.25) is 5.10 Å². The smallest absolute Gasteiger partial charge is 0.164 e. The standard InChI is InChI=1S/C10H11N5S/c11-8-7(9(12)16)10(15-14-8)13-6-4-2-1-3-5-6/h1-5H,(H2,12,16)(H4,11,13,14,15). The van der Waals surface area contributed by atoms with E-state index in [0.29, 0.717) is 17.2 Å². The number of aromatic amines is 1. The van der Waals surface area contributed by atoms with Crippen molar-refractivity contribution < 1.29 is 0 Å². The Morgan fingerprint density at radius 1 is 1.31 bits per heavy atom. The summed E-state index contributed by atoms with van der Waals surface area (Å²) < 4.78 is 0. The molecule has 1 aromatic carbocycles. The van der Waals surface area contributed by atoms with Crippen molar-refractivity contribution >= 4 is 34.5 Å². The number of benzene rings is 1. The van der Waals surface area contributed by atoms with E-state index in [0.717, 1.165) is 5.69 Å². The van der Waals surface area contributed by atoms with Crippen molar-refractivity contribution in [3.8, 4) is 0 Å². The first-order chi connectivity index (χ1) is 7.68. The third-order valence-corrected chi connectivity index (χ3v) is 2.28. The number of H-pyrrole nitrogens is 1. The highest BCUT2D eigenvalue weighted by Crippen LogP contribution is 2.22. The lowest BCUT2D eigenvalue weighted by molar-refractivity contribution is 1.10. The molecule has 0 unspecified atom stereocenters. The Hall–Kier alpha value is -2.08. The fourth-order valence-electron chi connectivity index (χ4n) is 1.35. The molecule has 0 bridgehead atoms. The zero-order valence-corrected chi connectivity index (χ0v) is 9.21. The molecule has 5 nitrogen and oxygen atoms in total. The van der Waals surface area contributed by atoms with Crippen molar-refractivity contribution in [3.63, 3.8) is 0 Å². The summed E-state index contributed by atoms with van der Waals surface area (Å²) in [5, 5.41) is 9.73. The minimum atomic E-state index is 0.213. The van der Waals surface area contributed by atoms with Gasteiger partial charge in [0.2, 0.25) is 0 Å². The number of nitrogens with one attached hydrogen (secondary N) is 2. The van der Waals surface area contributed by atoms with E-state index in [1.54, 1.807) is 0 Å². The van der Waals surface area contributed by atoms with Gasteiger partial charge in [0.25, 0.3) is 0 Å². The molecule has 0 amide bonds. The number of aromatic nitrogens is 2. The number of thiocarbonyl (C=S) groups is 1. The molecule has 0 saturated carbocycles. The van der Waals surface area contributed by atoms with Crippen LogP contribution in [0.15, 0.2) is 30.3 Å². The fraction of sp³-hybridized carbons (Fsp3) is 0. The first-order valence-corrected chi connectivity index (χ1v) is 5.05. The van der Waals surface area contributed by atoms with Crippen LogP contribution in [0.1, 0.15) is 5.56 Å². The van der Waals surface area contributed by atoms with Crippen LogP contribution >= 0.6 is 12.2 Å². The molecule has 6 N–H and O–H groups in total. The Kier molecular flexibility index (Phi) is 2.74. The fourth-order valence-corrected chi connectivity index (χ4v) is 1.56. The molecule has 2 rings (SSSR count). The van der Waals surface area contributed by atoms with E-state index in [1.807, 2.05) is 30.3 Å². The number of hydrogen-bond acceptors (Lipinski definition) is 4. The minimum absolute atomic E-state index is 0.213. The molecule has 0 atom stereocenters. The van der Waals surface area contributed by atoms with E-state index in [9.17, 15) is 0 Å². The van der Waals surface area contributed by atoms with Crippen molar-refractivity contribution in [1.82, 2.24) is 10.2 Å². The third-order valence-electron chi connectivity index (χ3n) is 2.08. The van der Waals surface area contributed by atoms with Gasteiger partial charge in [-0.2, -0.15) is 5.10 Å². The number of nitrogens with zero attached hydrogens (tertiary/aromatic N) is 1. The summed E-state index contributed by atoms with van der Waals surface area (Å²) in [6, 6.07) is 9.58. The van der Waals surface area contributed by atoms with Crippen molar-refractivity contribution in [3.05, 3.63) is 35.9 Å². The maximum atomic E-state index is 5.67. The van der Waals surface area contributed by atoms with Crippen LogP contribution in [-0.4, -0.2) is 15.2 Å². The lowest BCUT2D eigenvalue weighted by atomic mass is 10.2. The van der Waals surface area contributed by atoms with Gasteiger partial charge in [-0.1, -0.05) is 30.4 Å². The Labute approximate surface area is 97.8 Å². The lowest BCUT2D eigenvalue weighted by Crippen LogP contribution is -2.12. The summed E-state index contributed by atoms with van der Waals surface area (Å²) in [7, 11) is 0. The van der Waals surface area contributed by atoms with Crippen LogP contribution in [-0.2, 0) is 0 Å². The first kappa shape index (κ1) is 10.4. The Balaban J connectivity index is 2.32. The van der Waals surface area contributed by atoms with Crippen LogP contribution in [0.3, 0.4) is 0 Å². The largest absolute Gasteiger partial charge is 0.389 e. The number of hydrogen-bond donors (Lipinski definition) is 4. The van der Waals surface area contributed by atoms with Gasteiger partial charge in [0, 0.05) is 5.69 Å². The van der Waals surface area contributed by atoms with Gasteiger partial charge in [-0.25, -0.2) is 0 Å². The van der Waals surface area contributed by atoms with Crippen LogP contribution < -0.4 is 16.8 Å². The maximum absolute atomic E-state index is 5.67. The normalized spacial score (nSPS) is 10.0. The van der Waals surface area contributed by atoms with Gasteiger partial charge in [-0.05, 0) is 12.1 Å². The van der Waals surface area contributed by atoms with Gasteiger partial charge in [0.1, 0.15) is 10.8 Å². The SMILES string of the molecule is NC(=S)c1c(Nc2ccccc2)n[nH]c1N. The molecule has 1 heterocycles. The van der Waals surface area contributed by atoms with Gasteiger partial charge in [0.15, 0.2) is 5.82 Å². The van der Waals surface area contributed by atoms with E-state index in [2.05, 4.69) is 15.5 Å². The summed E-state index contributed by atoms with van der Waals surface area (Å²) in [5.74, 6) is 0.905. The van der Waals surface area contributed by atoms with Crippen LogP contribution in [0.2, 0.25) is 0 Å². The molecule has 0 radical (unpaired) electrons. The highest BCUT2D eigenvalue weighted by atomic mass is 32.1. The topological polar surface area (TPSA) is 92.7 Å². The molecule has 0 aliphatic carbocycles. The predicted octanol–water partition coefficient (Wildman–Crippen LogP) is 1.37. The van der Waals surface area contributed by atoms with Gasteiger partial charge < -0.3 is 16.8 Å². The second-order valence-electron chi connectivity index (χ2n) is 3.22. The number of nitrogen functional groups attached to an aromatic ring is 1. The molecule has 16 heavy (non-hydrogen) atoms. The van der Waals surface area contributed by atoms with Gasteiger partial charge in [0.05, 0.1) is 5.56 Å². The minimum Gasteiger partial charge on any atom is -0.389 e. The van der Waals surface area contributed by atoms with E-state index >= 15 is 0 Å². The number of nitrogens with two attached hydrogens (primary N) is 2.